The van der Waals surface area contributed by atoms with Gasteiger partial charge in [-0.15, -0.1) is 5.10 Å². The molecule has 36 heavy (non-hydrogen) atoms. The minimum absolute atomic E-state index is 0.154. The zero-order valence-electron chi connectivity index (χ0n) is 19.4. The first-order valence-corrected chi connectivity index (χ1v) is 12.3. The fourth-order valence-electron chi connectivity index (χ4n) is 5.88. The van der Waals surface area contributed by atoms with Gasteiger partial charge in [-0.2, -0.15) is 5.10 Å². The van der Waals surface area contributed by atoms with Crippen molar-refractivity contribution in [3.05, 3.63) is 77.2 Å². The average Bonchev–Trinajstić information content (AvgIpc) is 3.65. The lowest BCUT2D eigenvalue weighted by atomic mass is 9.58. The molecule has 1 N–H and O–H groups in total. The van der Waals surface area contributed by atoms with Crippen LogP contribution >= 0.6 is 0 Å². The highest BCUT2D eigenvalue weighted by Crippen LogP contribution is 2.55. The summed E-state index contributed by atoms with van der Waals surface area (Å²) in [6.45, 7) is 0. The van der Waals surface area contributed by atoms with Crippen molar-refractivity contribution in [3.63, 3.8) is 0 Å². The van der Waals surface area contributed by atoms with E-state index in [2.05, 4.69) is 20.2 Å². The first-order valence-electron chi connectivity index (χ1n) is 12.3. The Labute approximate surface area is 205 Å². The third kappa shape index (κ3) is 3.29. The lowest BCUT2D eigenvalue weighted by Crippen LogP contribution is -2.41. The summed E-state index contributed by atoms with van der Waals surface area (Å²) in [5.41, 5.74) is 3.08. The van der Waals surface area contributed by atoms with Crippen LogP contribution in [0.2, 0.25) is 0 Å². The van der Waals surface area contributed by atoms with E-state index in [9.17, 15) is 13.9 Å². The molecule has 0 spiro atoms. The molecular weight excluding hydrogens is 464 g/mol. The Morgan fingerprint density at radius 1 is 0.972 bits per heavy atom. The maximum Gasteiger partial charge on any atom is 0.247 e. The predicted octanol–water partition coefficient (Wildman–Crippen LogP) is 5.27. The molecular formula is C27H23F2N5O2. The van der Waals surface area contributed by atoms with Crippen molar-refractivity contribution in [1.29, 1.82) is 0 Å². The van der Waals surface area contributed by atoms with E-state index in [1.165, 1.54) is 24.5 Å². The summed E-state index contributed by atoms with van der Waals surface area (Å²) < 4.78 is 34.5. The minimum Gasteiger partial charge on any atom is -0.443 e. The molecule has 2 saturated carbocycles. The zero-order valence-corrected chi connectivity index (χ0v) is 19.4. The van der Waals surface area contributed by atoms with E-state index in [0.29, 0.717) is 17.3 Å². The second-order valence-corrected chi connectivity index (χ2v) is 10.1. The Hall–Kier alpha value is -3.59. The van der Waals surface area contributed by atoms with Gasteiger partial charge in [0, 0.05) is 6.20 Å². The van der Waals surface area contributed by atoms with Crippen molar-refractivity contribution in [3.8, 4) is 22.8 Å². The summed E-state index contributed by atoms with van der Waals surface area (Å²) in [5, 5.41) is 19.2. The Morgan fingerprint density at radius 2 is 1.75 bits per heavy atom. The molecule has 8 rings (SSSR count). The molecule has 0 unspecified atom stereocenters. The Morgan fingerprint density at radius 3 is 2.50 bits per heavy atom. The summed E-state index contributed by atoms with van der Waals surface area (Å²) in [7, 11) is 0. The van der Waals surface area contributed by atoms with E-state index in [-0.39, 0.29) is 23.1 Å². The van der Waals surface area contributed by atoms with Crippen LogP contribution in [-0.2, 0) is 5.41 Å². The highest BCUT2D eigenvalue weighted by molar-refractivity contribution is 5.62. The van der Waals surface area contributed by atoms with Crippen LogP contribution in [0.3, 0.4) is 0 Å². The maximum atomic E-state index is 14.4. The van der Waals surface area contributed by atoms with Gasteiger partial charge in [0.05, 0.1) is 34.3 Å². The Kier molecular flexibility index (Phi) is 4.79. The standard InChI is InChI=1S/C27H23F2N5O2/c28-17-2-1-3-18(29)23(17)19-10-16-14-6-8-27(9-7-14,25(16)34-33-19)22-12-30-11-20(31-22)26-32-21(13-36-26)24(35)15-4-5-15/h1-3,10-15,24,35H,4-9H2/t14-,24-,27+/m1/s1. The van der Waals surface area contributed by atoms with Gasteiger partial charge in [-0.05, 0) is 74.1 Å². The number of hydrogen-bond acceptors (Lipinski definition) is 7. The highest BCUT2D eigenvalue weighted by Gasteiger charge is 2.49. The van der Waals surface area contributed by atoms with Crippen LogP contribution in [0.1, 0.15) is 73.2 Å². The van der Waals surface area contributed by atoms with Crippen LogP contribution in [0, 0.1) is 17.6 Å². The summed E-state index contributed by atoms with van der Waals surface area (Å²) in [4.78, 5) is 13.8. The monoisotopic (exact) mass is 487 g/mol. The molecule has 4 aromatic rings. The number of halogens is 2. The van der Waals surface area contributed by atoms with Crippen molar-refractivity contribution in [1.82, 2.24) is 25.1 Å². The number of hydrogen-bond donors (Lipinski definition) is 1. The van der Waals surface area contributed by atoms with Crippen molar-refractivity contribution in [2.75, 3.05) is 0 Å². The zero-order chi connectivity index (χ0) is 24.4. The van der Waals surface area contributed by atoms with E-state index < -0.39 is 23.2 Å². The number of fused-ring (bicyclic) bond motifs is 2. The van der Waals surface area contributed by atoms with Gasteiger partial charge in [-0.1, -0.05) is 6.07 Å². The number of oxazole rings is 1. The summed E-state index contributed by atoms with van der Waals surface area (Å²) in [6.07, 6.45) is 9.70. The normalized spacial score (nSPS) is 23.5. The number of aromatic nitrogens is 5. The van der Waals surface area contributed by atoms with E-state index in [1.807, 2.05) is 0 Å². The average molecular weight is 488 g/mol. The summed E-state index contributed by atoms with van der Waals surface area (Å²) >= 11 is 0. The topological polar surface area (TPSA) is 97.8 Å². The van der Waals surface area contributed by atoms with Gasteiger partial charge < -0.3 is 9.52 Å². The molecule has 4 aliphatic carbocycles. The predicted molar refractivity (Wildman–Crippen MR) is 125 cm³/mol. The molecule has 1 aromatic carbocycles. The summed E-state index contributed by atoms with van der Waals surface area (Å²) in [6, 6.07) is 5.59. The van der Waals surface area contributed by atoms with Crippen LogP contribution in [0.4, 0.5) is 8.78 Å². The van der Waals surface area contributed by atoms with Crippen LogP contribution in [0.5, 0.6) is 0 Å². The second kappa shape index (κ2) is 7.96. The van der Waals surface area contributed by atoms with Crippen LogP contribution in [0.25, 0.3) is 22.8 Å². The molecule has 182 valence electrons. The van der Waals surface area contributed by atoms with Crippen molar-refractivity contribution >= 4 is 0 Å². The van der Waals surface area contributed by atoms with Gasteiger partial charge in [0.15, 0.2) is 0 Å². The number of nitrogens with zero attached hydrogens (tertiary/aromatic N) is 5. The Balaban J connectivity index is 1.28. The fraction of sp³-hybridized carbons (Fsp3) is 0.370. The number of benzene rings is 1. The third-order valence-corrected chi connectivity index (χ3v) is 8.01. The molecule has 3 aromatic heterocycles. The molecule has 0 amide bonds. The summed E-state index contributed by atoms with van der Waals surface area (Å²) in [5.74, 6) is -0.488. The Bertz CT molecular complexity index is 1460. The molecule has 3 heterocycles. The van der Waals surface area contributed by atoms with Gasteiger partial charge in [0.1, 0.15) is 35.4 Å². The van der Waals surface area contributed by atoms with Gasteiger partial charge in [0.2, 0.25) is 5.89 Å². The molecule has 4 aliphatic rings. The maximum absolute atomic E-state index is 14.4. The molecule has 0 aliphatic heterocycles. The van der Waals surface area contributed by atoms with E-state index in [0.717, 1.165) is 55.5 Å². The largest absolute Gasteiger partial charge is 0.443 e. The van der Waals surface area contributed by atoms with E-state index >= 15 is 0 Å². The van der Waals surface area contributed by atoms with Crippen LogP contribution < -0.4 is 0 Å². The molecule has 1 atom stereocenters. The lowest BCUT2D eigenvalue weighted by Gasteiger charge is -2.46. The number of rotatable bonds is 5. The number of aliphatic hydroxyl groups is 1. The van der Waals surface area contributed by atoms with Gasteiger partial charge in [-0.25, -0.2) is 18.7 Å². The lowest BCUT2D eigenvalue weighted by molar-refractivity contribution is 0.149. The molecule has 2 fully saturated rings. The number of aliphatic hydroxyl groups excluding tert-OH is 1. The second-order valence-electron chi connectivity index (χ2n) is 10.1. The first-order chi connectivity index (χ1) is 17.5. The van der Waals surface area contributed by atoms with Gasteiger partial charge >= 0.3 is 0 Å². The van der Waals surface area contributed by atoms with Crippen LogP contribution in [0.15, 0.2) is 47.3 Å². The quantitative estimate of drug-likeness (QED) is 0.410. The molecule has 0 saturated heterocycles. The third-order valence-electron chi connectivity index (χ3n) is 8.01. The SMILES string of the molecule is O[C@@H](c1coc(-c2cncc([C@]34CC[C@H](CC3)c3cc(-c5c(F)cccc5F)nnc34)n2)n1)C1CC1. The van der Waals surface area contributed by atoms with Crippen molar-refractivity contribution in [2.45, 2.75) is 56.0 Å². The van der Waals surface area contributed by atoms with Crippen molar-refractivity contribution in [2.24, 2.45) is 5.92 Å². The van der Waals surface area contributed by atoms with Crippen LogP contribution in [-0.4, -0.2) is 30.3 Å². The fourth-order valence-corrected chi connectivity index (χ4v) is 5.88. The van der Waals surface area contributed by atoms with E-state index in [1.54, 1.807) is 18.5 Å². The molecule has 0 radical (unpaired) electrons. The van der Waals surface area contributed by atoms with Crippen molar-refractivity contribution < 1.29 is 18.3 Å². The first kappa shape index (κ1) is 21.7. The van der Waals surface area contributed by atoms with Gasteiger partial charge in [0.25, 0.3) is 0 Å². The van der Waals surface area contributed by atoms with E-state index in [4.69, 9.17) is 9.40 Å². The highest BCUT2D eigenvalue weighted by atomic mass is 19.1. The molecule has 2 bridgehead atoms. The minimum atomic E-state index is -0.657. The van der Waals surface area contributed by atoms with Gasteiger partial charge in [-0.3, -0.25) is 4.98 Å². The molecule has 9 heteroatoms. The molecule has 7 nitrogen and oxygen atoms in total. The smallest absolute Gasteiger partial charge is 0.247 e.